The first-order valence-electron chi connectivity index (χ1n) is 11.4. The first kappa shape index (κ1) is 20.0. The number of carbonyl (C=O) groups is 1. The first-order chi connectivity index (χ1) is 15.1. The molecule has 4 heterocycles. The van der Waals surface area contributed by atoms with Gasteiger partial charge >= 0.3 is 0 Å². The van der Waals surface area contributed by atoms with Crippen molar-refractivity contribution in [1.82, 2.24) is 19.5 Å². The van der Waals surface area contributed by atoms with Crippen LogP contribution >= 0.6 is 0 Å². The molecule has 7 heteroatoms. The van der Waals surface area contributed by atoms with Crippen LogP contribution in [0.1, 0.15) is 43.5 Å². The van der Waals surface area contributed by atoms with Gasteiger partial charge in [0.05, 0.1) is 5.92 Å². The predicted octanol–water partition coefficient (Wildman–Crippen LogP) is 3.74. The highest BCUT2D eigenvalue weighted by molar-refractivity contribution is 5.96. The Hall–Kier alpha value is -2.96. The van der Waals surface area contributed by atoms with Crippen molar-refractivity contribution in [3.05, 3.63) is 42.0 Å². The molecule has 7 nitrogen and oxygen atoms in total. The van der Waals surface area contributed by atoms with Gasteiger partial charge in [0, 0.05) is 38.8 Å². The average Bonchev–Trinajstić information content (AvgIpc) is 2.99. The van der Waals surface area contributed by atoms with Crippen LogP contribution in [0.3, 0.4) is 0 Å². The maximum absolute atomic E-state index is 13.3. The van der Waals surface area contributed by atoms with Gasteiger partial charge in [0.1, 0.15) is 12.2 Å². The van der Waals surface area contributed by atoms with Gasteiger partial charge in [-0.2, -0.15) is 0 Å². The van der Waals surface area contributed by atoms with Crippen LogP contribution in [0.2, 0.25) is 0 Å². The third-order valence-corrected chi connectivity index (χ3v) is 6.75. The summed E-state index contributed by atoms with van der Waals surface area (Å²) >= 11 is 0. The molecule has 162 valence electrons. The van der Waals surface area contributed by atoms with E-state index in [1.165, 1.54) is 19.3 Å². The number of aryl methyl sites for hydroxylation is 3. The van der Waals surface area contributed by atoms with Crippen LogP contribution in [0.4, 0.5) is 11.5 Å². The van der Waals surface area contributed by atoms with E-state index in [1.54, 1.807) is 6.33 Å². The Morgan fingerprint density at radius 1 is 1.10 bits per heavy atom. The van der Waals surface area contributed by atoms with E-state index in [4.69, 9.17) is 4.98 Å². The van der Waals surface area contributed by atoms with Gasteiger partial charge < -0.3 is 14.4 Å². The SMILES string of the molecule is Cc1ccccc1N(C)C(=O)[C@H]1CCCN(c2ncnc3c2nc2n3CCCCC2)C1. The largest absolute Gasteiger partial charge is 0.354 e. The van der Waals surface area contributed by atoms with Crippen LogP contribution in [0, 0.1) is 12.8 Å². The summed E-state index contributed by atoms with van der Waals surface area (Å²) in [6.07, 6.45) is 8.12. The molecule has 3 aromatic rings. The Labute approximate surface area is 183 Å². The van der Waals surface area contributed by atoms with Crippen LogP contribution < -0.4 is 9.80 Å². The first-order valence-corrected chi connectivity index (χ1v) is 11.4. The van der Waals surface area contributed by atoms with Crippen molar-refractivity contribution >= 4 is 28.6 Å². The second kappa shape index (κ2) is 8.29. The molecule has 2 aromatic heterocycles. The molecular weight excluding hydrogens is 388 g/mol. The number of hydrogen-bond acceptors (Lipinski definition) is 5. The maximum Gasteiger partial charge on any atom is 0.231 e. The average molecular weight is 419 g/mol. The van der Waals surface area contributed by atoms with Crippen molar-refractivity contribution in [2.75, 3.05) is 29.9 Å². The number of aromatic nitrogens is 4. The molecule has 1 aromatic carbocycles. The number of nitrogens with zero attached hydrogens (tertiary/aromatic N) is 6. The number of hydrogen-bond donors (Lipinski definition) is 0. The van der Waals surface area contributed by atoms with Crippen LogP contribution in [0.25, 0.3) is 11.2 Å². The van der Waals surface area contributed by atoms with E-state index in [-0.39, 0.29) is 11.8 Å². The summed E-state index contributed by atoms with van der Waals surface area (Å²) in [6.45, 7) is 4.59. The number of rotatable bonds is 3. The van der Waals surface area contributed by atoms with E-state index in [1.807, 2.05) is 43.1 Å². The Morgan fingerprint density at radius 3 is 2.84 bits per heavy atom. The Balaban J connectivity index is 1.41. The van der Waals surface area contributed by atoms with Crippen molar-refractivity contribution in [3.63, 3.8) is 0 Å². The second-order valence-corrected chi connectivity index (χ2v) is 8.83. The summed E-state index contributed by atoms with van der Waals surface area (Å²) < 4.78 is 2.27. The van der Waals surface area contributed by atoms with E-state index in [0.29, 0.717) is 6.54 Å². The summed E-state index contributed by atoms with van der Waals surface area (Å²) in [7, 11) is 1.89. The van der Waals surface area contributed by atoms with Crippen LogP contribution in [0.15, 0.2) is 30.6 Å². The molecule has 2 aliphatic heterocycles. The molecule has 1 amide bonds. The maximum atomic E-state index is 13.3. The van der Waals surface area contributed by atoms with E-state index in [2.05, 4.69) is 19.4 Å². The fourth-order valence-electron chi connectivity index (χ4n) is 5.06. The Morgan fingerprint density at radius 2 is 1.97 bits per heavy atom. The molecule has 0 spiro atoms. The summed E-state index contributed by atoms with van der Waals surface area (Å²) in [5.74, 6) is 2.12. The molecule has 1 fully saturated rings. The summed E-state index contributed by atoms with van der Waals surface area (Å²) in [6, 6.07) is 8.05. The molecule has 1 atom stereocenters. The molecule has 1 saturated heterocycles. The molecule has 31 heavy (non-hydrogen) atoms. The number of para-hydroxylation sites is 1. The third-order valence-electron chi connectivity index (χ3n) is 6.75. The summed E-state index contributed by atoms with van der Waals surface area (Å²) in [4.78, 5) is 31.5. The number of imidazole rings is 1. The molecule has 0 N–H and O–H groups in total. The highest BCUT2D eigenvalue weighted by Crippen LogP contribution is 2.30. The lowest BCUT2D eigenvalue weighted by Gasteiger charge is -2.34. The second-order valence-electron chi connectivity index (χ2n) is 8.83. The van der Waals surface area contributed by atoms with Gasteiger partial charge in [-0.15, -0.1) is 0 Å². The zero-order chi connectivity index (χ0) is 21.4. The van der Waals surface area contributed by atoms with Gasteiger partial charge in [-0.05, 0) is 44.2 Å². The third kappa shape index (κ3) is 3.66. The summed E-state index contributed by atoms with van der Waals surface area (Å²) in [5.41, 5.74) is 3.92. The van der Waals surface area contributed by atoms with E-state index >= 15 is 0 Å². The van der Waals surface area contributed by atoms with Gasteiger partial charge in [0.25, 0.3) is 0 Å². The highest BCUT2D eigenvalue weighted by atomic mass is 16.2. The number of piperidine rings is 1. The lowest BCUT2D eigenvalue weighted by atomic mass is 9.96. The lowest BCUT2D eigenvalue weighted by Crippen LogP contribution is -2.44. The van der Waals surface area contributed by atoms with Gasteiger partial charge in [0.15, 0.2) is 17.0 Å². The van der Waals surface area contributed by atoms with Crippen molar-refractivity contribution in [1.29, 1.82) is 0 Å². The zero-order valence-electron chi connectivity index (χ0n) is 18.4. The van der Waals surface area contributed by atoms with E-state index < -0.39 is 0 Å². The van der Waals surface area contributed by atoms with E-state index in [0.717, 1.165) is 66.4 Å². The number of fused-ring (bicyclic) bond motifs is 3. The fraction of sp³-hybridized carbons (Fsp3) is 0.500. The number of benzene rings is 1. The molecule has 5 rings (SSSR count). The van der Waals surface area contributed by atoms with Crippen LogP contribution in [0.5, 0.6) is 0 Å². The normalized spacial score (nSPS) is 19.2. The minimum atomic E-state index is -0.0520. The quantitative estimate of drug-likeness (QED) is 0.648. The molecule has 0 aliphatic carbocycles. The smallest absolute Gasteiger partial charge is 0.231 e. The van der Waals surface area contributed by atoms with Gasteiger partial charge in [-0.25, -0.2) is 15.0 Å². The molecular formula is C24H30N6O. The Kier molecular flexibility index (Phi) is 5.34. The van der Waals surface area contributed by atoms with Crippen molar-refractivity contribution in [2.45, 2.75) is 52.0 Å². The number of anilines is 2. The number of amides is 1. The molecule has 0 unspecified atom stereocenters. The highest BCUT2D eigenvalue weighted by Gasteiger charge is 2.31. The summed E-state index contributed by atoms with van der Waals surface area (Å²) in [5, 5.41) is 0. The minimum Gasteiger partial charge on any atom is -0.354 e. The fourth-order valence-corrected chi connectivity index (χ4v) is 5.06. The van der Waals surface area contributed by atoms with E-state index in [9.17, 15) is 4.79 Å². The number of carbonyl (C=O) groups excluding carboxylic acids is 1. The topological polar surface area (TPSA) is 67.2 Å². The molecule has 0 saturated carbocycles. The van der Waals surface area contributed by atoms with Crippen LogP contribution in [-0.4, -0.2) is 45.6 Å². The lowest BCUT2D eigenvalue weighted by molar-refractivity contribution is -0.122. The monoisotopic (exact) mass is 418 g/mol. The standard InChI is InChI=1S/C24H30N6O/c1-17-9-5-6-11-19(17)28(2)24(31)18-10-8-13-29(15-18)22-21-23(26-16-25-22)30-14-7-3-4-12-20(30)27-21/h5-6,9,11,16,18H,3-4,7-8,10,12-15H2,1-2H3/t18-/m0/s1. The van der Waals surface area contributed by atoms with Gasteiger partial charge in [0.2, 0.25) is 5.91 Å². The minimum absolute atomic E-state index is 0.0520. The molecule has 0 bridgehead atoms. The van der Waals surface area contributed by atoms with Gasteiger partial charge in [-0.3, -0.25) is 4.79 Å². The molecule has 2 aliphatic rings. The van der Waals surface area contributed by atoms with Crippen molar-refractivity contribution in [2.24, 2.45) is 5.92 Å². The predicted molar refractivity (Wildman–Crippen MR) is 122 cm³/mol. The Bertz CT molecular complexity index is 1110. The van der Waals surface area contributed by atoms with Gasteiger partial charge in [-0.1, -0.05) is 24.6 Å². The molecule has 0 radical (unpaired) electrons. The zero-order valence-corrected chi connectivity index (χ0v) is 18.4. The van der Waals surface area contributed by atoms with Crippen molar-refractivity contribution < 1.29 is 4.79 Å². The van der Waals surface area contributed by atoms with Crippen LogP contribution in [-0.2, 0) is 17.8 Å². The van der Waals surface area contributed by atoms with Crippen molar-refractivity contribution in [3.8, 4) is 0 Å².